The SMILES string of the molecule is C[C@@H]1NC(=O)[C@H](C)n2cc(nn2)[C@H](C)NC(=O)[C@@H](C)NC1=O. The predicted molar refractivity (Wildman–Crippen MR) is 76.5 cm³/mol. The van der Waals surface area contributed by atoms with E-state index in [1.54, 1.807) is 33.9 Å². The lowest BCUT2D eigenvalue weighted by Crippen LogP contribution is -2.52. The van der Waals surface area contributed by atoms with Crippen LogP contribution in [0.1, 0.15) is 45.5 Å². The van der Waals surface area contributed by atoms with Gasteiger partial charge in [0.15, 0.2) is 0 Å². The fraction of sp³-hybridized carbons (Fsp3) is 0.615. The molecule has 9 nitrogen and oxygen atoms in total. The Kier molecular flexibility index (Phi) is 4.43. The van der Waals surface area contributed by atoms with Crippen LogP contribution in [0.3, 0.4) is 0 Å². The first-order valence-corrected chi connectivity index (χ1v) is 7.12. The van der Waals surface area contributed by atoms with Gasteiger partial charge in [-0.2, -0.15) is 0 Å². The molecule has 1 aromatic rings. The van der Waals surface area contributed by atoms with Crippen LogP contribution in [0, 0.1) is 0 Å². The molecule has 0 radical (unpaired) electrons. The zero-order valence-electron chi connectivity index (χ0n) is 13.0. The molecule has 9 heteroatoms. The van der Waals surface area contributed by atoms with E-state index < -0.39 is 24.0 Å². The van der Waals surface area contributed by atoms with E-state index in [-0.39, 0.29) is 17.9 Å². The first-order valence-electron chi connectivity index (χ1n) is 7.12. The number of carbonyl (C=O) groups is 3. The Morgan fingerprint density at radius 2 is 1.36 bits per heavy atom. The maximum Gasteiger partial charge on any atom is 0.245 e. The summed E-state index contributed by atoms with van der Waals surface area (Å²) in [6.07, 6.45) is 1.61. The minimum Gasteiger partial charge on any atom is -0.346 e. The third-order valence-electron chi connectivity index (χ3n) is 3.61. The van der Waals surface area contributed by atoms with Crippen LogP contribution in [-0.2, 0) is 14.4 Å². The van der Waals surface area contributed by atoms with E-state index in [1.165, 1.54) is 4.68 Å². The maximum atomic E-state index is 12.1. The van der Waals surface area contributed by atoms with E-state index in [2.05, 4.69) is 26.3 Å². The maximum absolute atomic E-state index is 12.1. The molecule has 22 heavy (non-hydrogen) atoms. The molecule has 0 unspecified atom stereocenters. The Morgan fingerprint density at radius 1 is 0.864 bits per heavy atom. The van der Waals surface area contributed by atoms with Gasteiger partial charge >= 0.3 is 0 Å². The van der Waals surface area contributed by atoms with Gasteiger partial charge < -0.3 is 16.0 Å². The quantitative estimate of drug-likeness (QED) is 0.570. The zero-order valence-corrected chi connectivity index (χ0v) is 13.0. The van der Waals surface area contributed by atoms with Crippen molar-refractivity contribution >= 4 is 17.7 Å². The van der Waals surface area contributed by atoms with Crippen molar-refractivity contribution in [3.63, 3.8) is 0 Å². The van der Waals surface area contributed by atoms with Crippen molar-refractivity contribution in [2.24, 2.45) is 0 Å². The van der Waals surface area contributed by atoms with E-state index in [0.29, 0.717) is 5.69 Å². The standard InChI is InChI=1S/C13H20N6O3/c1-6-10-5-19(18-17-10)9(4)13(22)16-8(3)12(21)15-7(2)11(20)14-6/h5-9H,1-4H3,(H,14,20)(H,15,21)(H,16,22)/t6-,7+,8-,9-/m0/s1. The molecule has 0 fully saturated rings. The molecule has 4 atom stereocenters. The summed E-state index contributed by atoms with van der Waals surface area (Å²) in [7, 11) is 0. The van der Waals surface area contributed by atoms with Gasteiger partial charge in [0.25, 0.3) is 0 Å². The third kappa shape index (κ3) is 3.23. The summed E-state index contributed by atoms with van der Waals surface area (Å²) in [5.74, 6) is -1.10. The van der Waals surface area contributed by atoms with E-state index >= 15 is 0 Å². The number of amides is 3. The van der Waals surface area contributed by atoms with Gasteiger partial charge in [-0.25, -0.2) is 4.68 Å². The summed E-state index contributed by atoms with van der Waals surface area (Å²) >= 11 is 0. The Labute approximate surface area is 127 Å². The molecule has 2 heterocycles. The number of aromatic nitrogens is 3. The molecule has 0 aromatic carbocycles. The summed E-state index contributed by atoms with van der Waals surface area (Å²) in [4.78, 5) is 36.2. The van der Waals surface area contributed by atoms with Gasteiger partial charge in [0, 0.05) is 0 Å². The minimum atomic E-state index is -0.758. The van der Waals surface area contributed by atoms with E-state index in [0.717, 1.165) is 0 Å². The summed E-state index contributed by atoms with van der Waals surface area (Å²) < 4.78 is 1.40. The van der Waals surface area contributed by atoms with Gasteiger partial charge in [-0.1, -0.05) is 5.21 Å². The second-order valence-corrected chi connectivity index (χ2v) is 5.49. The van der Waals surface area contributed by atoms with Crippen molar-refractivity contribution in [2.45, 2.75) is 51.9 Å². The van der Waals surface area contributed by atoms with Gasteiger partial charge in [0.2, 0.25) is 17.7 Å². The Balaban J connectivity index is 2.32. The first-order chi connectivity index (χ1) is 10.3. The van der Waals surface area contributed by atoms with Crippen LogP contribution in [0.25, 0.3) is 0 Å². The fourth-order valence-electron chi connectivity index (χ4n) is 2.01. The largest absolute Gasteiger partial charge is 0.346 e. The van der Waals surface area contributed by atoms with Crippen molar-refractivity contribution in [3.8, 4) is 0 Å². The topological polar surface area (TPSA) is 118 Å². The number of nitrogens with one attached hydrogen (secondary N) is 3. The highest BCUT2D eigenvalue weighted by molar-refractivity contribution is 5.92. The molecule has 1 aromatic heterocycles. The van der Waals surface area contributed by atoms with Crippen LogP contribution < -0.4 is 16.0 Å². The zero-order chi connectivity index (χ0) is 16.4. The van der Waals surface area contributed by atoms with Gasteiger partial charge in [0.1, 0.15) is 23.8 Å². The minimum absolute atomic E-state index is 0.332. The van der Waals surface area contributed by atoms with Gasteiger partial charge in [-0.3, -0.25) is 14.4 Å². The number of carbonyl (C=O) groups excluding carboxylic acids is 3. The molecule has 0 aliphatic carbocycles. The number of hydrogen-bond acceptors (Lipinski definition) is 5. The molecule has 0 saturated heterocycles. The lowest BCUT2D eigenvalue weighted by molar-refractivity contribution is -0.132. The fourth-order valence-corrected chi connectivity index (χ4v) is 2.01. The normalized spacial score (nSPS) is 30.3. The second-order valence-electron chi connectivity index (χ2n) is 5.49. The van der Waals surface area contributed by atoms with Crippen LogP contribution in [0.2, 0.25) is 0 Å². The average molecular weight is 308 g/mol. The molecule has 0 spiro atoms. The molecule has 1 aliphatic rings. The number of hydrogen-bond donors (Lipinski definition) is 3. The summed E-state index contributed by atoms with van der Waals surface area (Å²) in [6.45, 7) is 6.55. The smallest absolute Gasteiger partial charge is 0.245 e. The van der Waals surface area contributed by atoms with Crippen molar-refractivity contribution in [1.82, 2.24) is 30.9 Å². The summed E-state index contributed by atoms with van der Waals surface area (Å²) in [5.41, 5.74) is 0.541. The number of nitrogens with zero attached hydrogens (tertiary/aromatic N) is 3. The lowest BCUT2D eigenvalue weighted by Gasteiger charge is -2.20. The highest BCUT2D eigenvalue weighted by atomic mass is 16.2. The molecule has 2 bridgehead atoms. The van der Waals surface area contributed by atoms with Crippen molar-refractivity contribution < 1.29 is 14.4 Å². The number of rotatable bonds is 0. The van der Waals surface area contributed by atoms with Crippen molar-refractivity contribution in [1.29, 1.82) is 0 Å². The molecule has 3 N–H and O–H groups in total. The average Bonchev–Trinajstić information content (AvgIpc) is 2.94. The lowest BCUT2D eigenvalue weighted by atomic mass is 10.2. The summed E-state index contributed by atoms with van der Waals surface area (Å²) in [6, 6.07) is -2.47. The van der Waals surface area contributed by atoms with Crippen molar-refractivity contribution in [2.75, 3.05) is 0 Å². The Bertz CT molecular complexity index is 598. The highest BCUT2D eigenvalue weighted by Gasteiger charge is 2.26. The second kappa shape index (κ2) is 6.12. The van der Waals surface area contributed by atoms with Gasteiger partial charge in [-0.15, -0.1) is 5.10 Å². The molecule has 1 aliphatic heterocycles. The predicted octanol–water partition coefficient (Wildman–Crippen LogP) is -0.961. The summed E-state index contributed by atoms with van der Waals surface area (Å²) in [5, 5.41) is 15.8. The van der Waals surface area contributed by atoms with Crippen LogP contribution in [0.5, 0.6) is 0 Å². The van der Waals surface area contributed by atoms with E-state index in [9.17, 15) is 14.4 Å². The molecule has 2 rings (SSSR count). The molecule has 120 valence electrons. The molecule has 0 saturated carbocycles. The molecular weight excluding hydrogens is 288 g/mol. The van der Waals surface area contributed by atoms with Gasteiger partial charge in [0.05, 0.1) is 12.2 Å². The monoisotopic (exact) mass is 308 g/mol. The highest BCUT2D eigenvalue weighted by Crippen LogP contribution is 2.12. The number of fused-ring (bicyclic) bond motifs is 2. The van der Waals surface area contributed by atoms with E-state index in [1.807, 2.05) is 0 Å². The van der Waals surface area contributed by atoms with Crippen LogP contribution >= 0.6 is 0 Å². The first kappa shape index (κ1) is 15.9. The van der Waals surface area contributed by atoms with Crippen molar-refractivity contribution in [3.05, 3.63) is 11.9 Å². The van der Waals surface area contributed by atoms with Gasteiger partial charge in [-0.05, 0) is 27.7 Å². The van der Waals surface area contributed by atoms with Crippen LogP contribution in [-0.4, -0.2) is 44.8 Å². The van der Waals surface area contributed by atoms with E-state index in [4.69, 9.17) is 0 Å². The Morgan fingerprint density at radius 3 is 1.95 bits per heavy atom. The van der Waals surface area contributed by atoms with Crippen LogP contribution in [0.15, 0.2) is 6.20 Å². The Hall–Kier alpha value is -2.45. The van der Waals surface area contributed by atoms with Crippen LogP contribution in [0.4, 0.5) is 0 Å². The molecule has 3 amide bonds. The molecular formula is C13H20N6O3. The third-order valence-corrected chi connectivity index (χ3v) is 3.61.